The third-order valence-corrected chi connectivity index (χ3v) is 4.96. The zero-order chi connectivity index (χ0) is 19.5. The van der Waals surface area contributed by atoms with Crippen molar-refractivity contribution < 1.29 is 0 Å². The van der Waals surface area contributed by atoms with Crippen LogP contribution < -0.4 is 10.6 Å². The fourth-order valence-corrected chi connectivity index (χ4v) is 3.06. The number of benzene rings is 1. The minimum atomic E-state index is 0. The lowest BCUT2D eigenvalue weighted by atomic mass is 10.2. The van der Waals surface area contributed by atoms with Gasteiger partial charge in [0.25, 0.3) is 0 Å². The minimum absolute atomic E-state index is 0. The first kappa shape index (κ1) is 24.8. The predicted octanol–water partition coefficient (Wildman–Crippen LogP) is 4.32. The van der Waals surface area contributed by atoms with E-state index in [1.807, 2.05) is 0 Å². The van der Waals surface area contributed by atoms with Gasteiger partial charge in [-0.3, -0.25) is 4.99 Å². The van der Waals surface area contributed by atoms with Gasteiger partial charge >= 0.3 is 0 Å². The maximum atomic E-state index is 4.72. The van der Waals surface area contributed by atoms with Crippen molar-refractivity contribution in [2.45, 2.75) is 52.6 Å². The first-order valence-electron chi connectivity index (χ1n) is 10.4. The molecule has 0 aliphatic heterocycles. The molecule has 0 amide bonds. The molecule has 6 heteroatoms. The van der Waals surface area contributed by atoms with Crippen LogP contribution in [0.5, 0.6) is 0 Å². The SMILES string of the molecule is CCNC(=NCCCn1ccc2ccccc21)NCCCCN(C)C(C)C.I. The summed E-state index contributed by atoms with van der Waals surface area (Å²) in [5.41, 5.74) is 1.30. The van der Waals surface area contributed by atoms with Crippen molar-refractivity contribution in [3.8, 4) is 0 Å². The summed E-state index contributed by atoms with van der Waals surface area (Å²) < 4.78 is 2.32. The number of fused-ring (bicyclic) bond motifs is 1. The van der Waals surface area contributed by atoms with E-state index in [1.54, 1.807) is 0 Å². The van der Waals surface area contributed by atoms with Gasteiger partial charge in [-0.1, -0.05) is 18.2 Å². The summed E-state index contributed by atoms with van der Waals surface area (Å²) in [6.07, 6.45) is 5.58. The molecule has 5 nitrogen and oxygen atoms in total. The van der Waals surface area contributed by atoms with E-state index in [0.717, 1.165) is 51.5 Å². The van der Waals surface area contributed by atoms with E-state index in [1.165, 1.54) is 17.3 Å². The lowest BCUT2D eigenvalue weighted by Crippen LogP contribution is -2.38. The van der Waals surface area contributed by atoms with Crippen LogP contribution >= 0.6 is 24.0 Å². The van der Waals surface area contributed by atoms with Gasteiger partial charge in [0, 0.05) is 43.9 Å². The lowest BCUT2D eigenvalue weighted by Gasteiger charge is -2.20. The van der Waals surface area contributed by atoms with E-state index in [2.05, 4.69) is 84.4 Å². The molecule has 0 aliphatic carbocycles. The van der Waals surface area contributed by atoms with Crippen LogP contribution in [0.2, 0.25) is 0 Å². The maximum absolute atomic E-state index is 4.72. The zero-order valence-electron chi connectivity index (χ0n) is 17.9. The Kier molecular flexibility index (Phi) is 12.2. The van der Waals surface area contributed by atoms with Crippen molar-refractivity contribution in [2.75, 3.05) is 33.2 Å². The van der Waals surface area contributed by atoms with E-state index in [9.17, 15) is 0 Å². The number of aryl methyl sites for hydroxylation is 1. The third kappa shape index (κ3) is 8.39. The van der Waals surface area contributed by atoms with Gasteiger partial charge < -0.3 is 20.1 Å². The summed E-state index contributed by atoms with van der Waals surface area (Å²) in [5, 5.41) is 8.11. The molecule has 0 saturated carbocycles. The number of nitrogens with one attached hydrogen (secondary N) is 2. The summed E-state index contributed by atoms with van der Waals surface area (Å²) >= 11 is 0. The highest BCUT2D eigenvalue weighted by molar-refractivity contribution is 14.0. The molecule has 0 unspecified atom stereocenters. The first-order valence-corrected chi connectivity index (χ1v) is 10.4. The van der Waals surface area contributed by atoms with Gasteiger partial charge in [0.2, 0.25) is 0 Å². The molecule has 2 rings (SSSR count). The average molecular weight is 499 g/mol. The highest BCUT2D eigenvalue weighted by Gasteiger charge is 2.03. The van der Waals surface area contributed by atoms with Crippen molar-refractivity contribution in [3.05, 3.63) is 36.5 Å². The van der Waals surface area contributed by atoms with Gasteiger partial charge in [0.15, 0.2) is 5.96 Å². The molecule has 0 bridgehead atoms. The average Bonchev–Trinajstić information content (AvgIpc) is 3.07. The van der Waals surface area contributed by atoms with Gasteiger partial charge in [-0.2, -0.15) is 0 Å². The molecule has 0 radical (unpaired) electrons. The predicted molar refractivity (Wildman–Crippen MR) is 133 cm³/mol. The molecule has 0 saturated heterocycles. The summed E-state index contributed by atoms with van der Waals surface area (Å²) in [7, 11) is 2.19. The Morgan fingerprint density at radius 1 is 1.11 bits per heavy atom. The van der Waals surface area contributed by atoms with Crippen molar-refractivity contribution in [3.63, 3.8) is 0 Å². The highest BCUT2D eigenvalue weighted by atomic mass is 127. The number of aromatic nitrogens is 1. The minimum Gasteiger partial charge on any atom is -0.357 e. The smallest absolute Gasteiger partial charge is 0.191 e. The molecule has 0 aliphatic rings. The molecule has 2 N–H and O–H groups in total. The maximum Gasteiger partial charge on any atom is 0.191 e. The Hall–Kier alpha value is -1.28. The van der Waals surface area contributed by atoms with E-state index < -0.39 is 0 Å². The molecule has 1 aromatic carbocycles. The summed E-state index contributed by atoms with van der Waals surface area (Å²) in [4.78, 5) is 7.12. The van der Waals surface area contributed by atoms with Crippen LogP contribution in [0.15, 0.2) is 41.5 Å². The van der Waals surface area contributed by atoms with Crippen molar-refractivity contribution in [1.29, 1.82) is 0 Å². The van der Waals surface area contributed by atoms with Crippen LogP contribution in [0.25, 0.3) is 10.9 Å². The third-order valence-electron chi connectivity index (χ3n) is 4.96. The number of unbranched alkanes of at least 4 members (excludes halogenated alkanes) is 1. The molecule has 0 spiro atoms. The molecule has 2 aromatic rings. The van der Waals surface area contributed by atoms with Crippen molar-refractivity contribution in [2.24, 2.45) is 4.99 Å². The van der Waals surface area contributed by atoms with Gasteiger partial charge in [-0.25, -0.2) is 0 Å². The van der Waals surface area contributed by atoms with E-state index >= 15 is 0 Å². The Bertz CT molecular complexity index is 695. The molecule has 0 atom stereocenters. The largest absolute Gasteiger partial charge is 0.357 e. The van der Waals surface area contributed by atoms with Crippen LogP contribution in [0.1, 0.15) is 40.0 Å². The van der Waals surface area contributed by atoms with Crippen LogP contribution in [-0.2, 0) is 6.54 Å². The van der Waals surface area contributed by atoms with E-state index in [4.69, 9.17) is 4.99 Å². The summed E-state index contributed by atoms with van der Waals surface area (Å²) in [5.74, 6) is 0.937. The van der Waals surface area contributed by atoms with Crippen molar-refractivity contribution in [1.82, 2.24) is 20.1 Å². The van der Waals surface area contributed by atoms with Gasteiger partial charge in [0.1, 0.15) is 0 Å². The van der Waals surface area contributed by atoms with Crippen LogP contribution in [0.3, 0.4) is 0 Å². The molecule has 1 heterocycles. The number of hydrogen-bond acceptors (Lipinski definition) is 2. The molecular weight excluding hydrogens is 461 g/mol. The number of halogens is 1. The van der Waals surface area contributed by atoms with E-state index in [0.29, 0.717) is 6.04 Å². The Balaban J connectivity index is 0.00000392. The van der Waals surface area contributed by atoms with E-state index in [-0.39, 0.29) is 24.0 Å². The Morgan fingerprint density at radius 3 is 2.64 bits per heavy atom. The fourth-order valence-electron chi connectivity index (χ4n) is 3.06. The second-order valence-electron chi connectivity index (χ2n) is 7.39. The molecule has 158 valence electrons. The van der Waals surface area contributed by atoms with Gasteiger partial charge in [-0.15, -0.1) is 24.0 Å². The Labute approximate surface area is 188 Å². The molecule has 1 aromatic heterocycles. The number of para-hydroxylation sites is 1. The Morgan fingerprint density at radius 2 is 1.89 bits per heavy atom. The van der Waals surface area contributed by atoms with Crippen LogP contribution in [-0.4, -0.2) is 54.7 Å². The lowest BCUT2D eigenvalue weighted by molar-refractivity contribution is 0.268. The zero-order valence-corrected chi connectivity index (χ0v) is 20.3. The monoisotopic (exact) mass is 499 g/mol. The second kappa shape index (κ2) is 13.8. The number of nitrogens with zero attached hydrogens (tertiary/aromatic N) is 3. The quantitative estimate of drug-likeness (QED) is 0.210. The second-order valence-corrected chi connectivity index (χ2v) is 7.39. The fraction of sp³-hybridized carbons (Fsp3) is 0.591. The van der Waals surface area contributed by atoms with Gasteiger partial charge in [-0.05, 0) is 71.1 Å². The van der Waals surface area contributed by atoms with Gasteiger partial charge in [0.05, 0.1) is 0 Å². The van der Waals surface area contributed by atoms with Crippen molar-refractivity contribution >= 4 is 40.8 Å². The topological polar surface area (TPSA) is 44.6 Å². The van der Waals surface area contributed by atoms with Crippen LogP contribution in [0, 0.1) is 0 Å². The normalized spacial score (nSPS) is 11.9. The van der Waals surface area contributed by atoms with Crippen LogP contribution in [0.4, 0.5) is 0 Å². The summed E-state index contributed by atoms with van der Waals surface area (Å²) in [6.45, 7) is 11.4. The number of rotatable bonds is 11. The molecular formula is C22H38IN5. The standard InChI is InChI=1S/C22H37N5.HI/c1-5-23-22(24-14-8-9-16-26(4)19(2)3)25-15-10-17-27-18-13-20-11-6-7-12-21(20)27;/h6-7,11-13,18-19H,5,8-10,14-17H2,1-4H3,(H2,23,24,25);1H. The molecule has 0 fully saturated rings. The number of guanidine groups is 1. The number of hydrogen-bond donors (Lipinski definition) is 2. The highest BCUT2D eigenvalue weighted by Crippen LogP contribution is 2.15. The molecule has 28 heavy (non-hydrogen) atoms. The first-order chi connectivity index (χ1) is 13.1. The number of aliphatic imine (C=N–C) groups is 1. The summed E-state index contributed by atoms with van der Waals surface area (Å²) in [6, 6.07) is 11.3.